The molecule has 0 aromatic heterocycles. The van der Waals surface area contributed by atoms with Crippen LogP contribution in [0.4, 0.5) is 4.39 Å². The van der Waals surface area contributed by atoms with Crippen molar-refractivity contribution < 1.29 is 18.7 Å². The molecule has 3 rings (SSSR count). The van der Waals surface area contributed by atoms with Crippen molar-refractivity contribution in [2.45, 2.75) is 77.4 Å². The molecular weight excluding hydrogens is 419 g/mol. The van der Waals surface area contributed by atoms with Crippen LogP contribution in [0.25, 0.3) is 0 Å². The SMILES string of the molecule is C[C@@H](C(=O)NC1CCCC1)N(Cc1ccc(F)cc1)C(=O)COc1ccccc1C(C)(C)C. The van der Waals surface area contributed by atoms with Crippen molar-refractivity contribution in [3.63, 3.8) is 0 Å². The number of rotatable bonds is 8. The first-order valence-corrected chi connectivity index (χ1v) is 11.7. The summed E-state index contributed by atoms with van der Waals surface area (Å²) in [7, 11) is 0. The van der Waals surface area contributed by atoms with E-state index in [9.17, 15) is 14.0 Å². The second kappa shape index (κ2) is 10.8. The van der Waals surface area contributed by atoms with Gasteiger partial charge in [-0.3, -0.25) is 9.59 Å². The Labute approximate surface area is 196 Å². The molecule has 0 heterocycles. The van der Waals surface area contributed by atoms with Crippen LogP contribution in [0.3, 0.4) is 0 Å². The number of para-hydroxylation sites is 1. The van der Waals surface area contributed by atoms with E-state index < -0.39 is 6.04 Å². The Morgan fingerprint density at radius 3 is 2.36 bits per heavy atom. The van der Waals surface area contributed by atoms with Crippen molar-refractivity contribution in [2.24, 2.45) is 0 Å². The van der Waals surface area contributed by atoms with Crippen molar-refractivity contribution in [3.05, 3.63) is 65.5 Å². The Morgan fingerprint density at radius 2 is 1.73 bits per heavy atom. The summed E-state index contributed by atoms with van der Waals surface area (Å²) in [4.78, 5) is 27.7. The number of benzene rings is 2. The zero-order valence-electron chi connectivity index (χ0n) is 20.1. The number of nitrogens with one attached hydrogen (secondary N) is 1. The number of amides is 2. The van der Waals surface area contributed by atoms with Gasteiger partial charge in [0.15, 0.2) is 6.61 Å². The van der Waals surface area contributed by atoms with Crippen LogP contribution in [-0.2, 0) is 21.5 Å². The smallest absolute Gasteiger partial charge is 0.261 e. The summed E-state index contributed by atoms with van der Waals surface area (Å²) in [5.41, 5.74) is 1.62. The third-order valence-corrected chi connectivity index (χ3v) is 6.18. The molecule has 1 atom stereocenters. The van der Waals surface area contributed by atoms with Crippen LogP contribution in [-0.4, -0.2) is 35.4 Å². The second-order valence-corrected chi connectivity index (χ2v) is 9.85. The van der Waals surface area contributed by atoms with Crippen LogP contribution in [0.2, 0.25) is 0 Å². The van der Waals surface area contributed by atoms with Gasteiger partial charge in [0, 0.05) is 12.6 Å². The van der Waals surface area contributed by atoms with Crippen molar-refractivity contribution >= 4 is 11.8 Å². The molecule has 0 spiro atoms. The van der Waals surface area contributed by atoms with Crippen molar-refractivity contribution in [3.8, 4) is 5.75 Å². The molecule has 1 saturated carbocycles. The maximum atomic E-state index is 13.4. The molecule has 1 aliphatic rings. The maximum Gasteiger partial charge on any atom is 0.261 e. The highest BCUT2D eigenvalue weighted by atomic mass is 19.1. The highest BCUT2D eigenvalue weighted by Gasteiger charge is 2.29. The number of nitrogens with zero attached hydrogens (tertiary/aromatic N) is 1. The van der Waals surface area contributed by atoms with Crippen LogP contribution < -0.4 is 10.1 Å². The lowest BCUT2D eigenvalue weighted by atomic mass is 9.86. The lowest BCUT2D eigenvalue weighted by molar-refractivity contribution is -0.142. The van der Waals surface area contributed by atoms with Gasteiger partial charge >= 0.3 is 0 Å². The zero-order chi connectivity index (χ0) is 24.0. The molecule has 6 heteroatoms. The number of halogens is 1. The summed E-state index contributed by atoms with van der Waals surface area (Å²) in [6.07, 6.45) is 4.16. The average molecular weight is 455 g/mol. The monoisotopic (exact) mass is 454 g/mol. The standard InChI is InChI=1S/C27H35FN2O3/c1-19(26(32)29-22-9-5-6-10-22)30(17-20-13-15-21(28)16-14-20)25(31)18-33-24-12-8-7-11-23(24)27(2,3)4/h7-8,11-16,19,22H,5-6,9-10,17-18H2,1-4H3,(H,29,32)/t19-/m0/s1. The van der Waals surface area contributed by atoms with E-state index in [2.05, 4.69) is 26.1 Å². The molecule has 1 N–H and O–H groups in total. The van der Waals surface area contributed by atoms with Gasteiger partial charge < -0.3 is 15.0 Å². The van der Waals surface area contributed by atoms with Crippen molar-refractivity contribution in [2.75, 3.05) is 6.61 Å². The number of hydrogen-bond acceptors (Lipinski definition) is 3. The lowest BCUT2D eigenvalue weighted by Gasteiger charge is -2.30. The Bertz CT molecular complexity index is 947. The van der Waals surface area contributed by atoms with Crippen LogP contribution in [0.5, 0.6) is 5.75 Å². The topological polar surface area (TPSA) is 58.6 Å². The molecule has 0 unspecified atom stereocenters. The van der Waals surface area contributed by atoms with Gasteiger partial charge in [0.2, 0.25) is 5.91 Å². The molecule has 1 aliphatic carbocycles. The molecule has 2 aromatic rings. The largest absolute Gasteiger partial charge is 0.483 e. The Balaban J connectivity index is 1.75. The van der Waals surface area contributed by atoms with Gasteiger partial charge in [0.05, 0.1) is 0 Å². The molecule has 5 nitrogen and oxygen atoms in total. The predicted molar refractivity (Wildman–Crippen MR) is 127 cm³/mol. The highest BCUT2D eigenvalue weighted by molar-refractivity contribution is 5.88. The Kier molecular flexibility index (Phi) is 8.11. The Morgan fingerprint density at radius 1 is 1.09 bits per heavy atom. The van der Waals surface area contributed by atoms with Gasteiger partial charge in [0.25, 0.3) is 5.91 Å². The first-order valence-electron chi connectivity index (χ1n) is 11.7. The summed E-state index contributed by atoms with van der Waals surface area (Å²) in [5, 5.41) is 3.08. The molecular formula is C27H35FN2O3. The third kappa shape index (κ3) is 6.80. The molecule has 0 radical (unpaired) electrons. The molecule has 0 saturated heterocycles. The summed E-state index contributed by atoms with van der Waals surface area (Å²) >= 11 is 0. The van der Waals surface area contributed by atoms with Crippen molar-refractivity contribution in [1.82, 2.24) is 10.2 Å². The zero-order valence-corrected chi connectivity index (χ0v) is 20.1. The fourth-order valence-electron chi connectivity index (χ4n) is 4.20. The molecule has 178 valence electrons. The molecule has 0 aliphatic heterocycles. The van der Waals surface area contributed by atoms with Crippen LogP contribution in [0.1, 0.15) is 64.5 Å². The van der Waals surface area contributed by atoms with Crippen LogP contribution >= 0.6 is 0 Å². The average Bonchev–Trinajstić information content (AvgIpc) is 3.29. The first-order chi connectivity index (χ1) is 15.6. The summed E-state index contributed by atoms with van der Waals surface area (Å²) in [5.74, 6) is -0.154. The normalized spacial score (nSPS) is 15.2. The van der Waals surface area contributed by atoms with Gasteiger partial charge in [0.1, 0.15) is 17.6 Å². The molecule has 2 aromatic carbocycles. The van der Waals surface area contributed by atoms with Gasteiger partial charge in [-0.1, -0.05) is 63.9 Å². The molecule has 2 amide bonds. The van der Waals surface area contributed by atoms with E-state index in [0.29, 0.717) is 5.75 Å². The van der Waals surface area contributed by atoms with Gasteiger partial charge in [-0.2, -0.15) is 0 Å². The summed E-state index contributed by atoms with van der Waals surface area (Å²) in [6, 6.07) is 13.1. The summed E-state index contributed by atoms with van der Waals surface area (Å²) in [6.45, 7) is 8.01. The quantitative estimate of drug-likeness (QED) is 0.612. The van der Waals surface area contributed by atoms with Gasteiger partial charge in [-0.25, -0.2) is 4.39 Å². The minimum absolute atomic E-state index is 0.137. The predicted octanol–water partition coefficient (Wildman–Crippen LogP) is 4.98. The van der Waals surface area contributed by atoms with Crippen LogP contribution in [0.15, 0.2) is 48.5 Å². The van der Waals surface area contributed by atoms with E-state index in [1.807, 2.05) is 24.3 Å². The highest BCUT2D eigenvalue weighted by Crippen LogP contribution is 2.31. The lowest BCUT2D eigenvalue weighted by Crippen LogP contribution is -2.50. The fraction of sp³-hybridized carbons (Fsp3) is 0.481. The third-order valence-electron chi connectivity index (χ3n) is 6.18. The van der Waals surface area contributed by atoms with E-state index in [0.717, 1.165) is 36.8 Å². The second-order valence-electron chi connectivity index (χ2n) is 9.85. The molecule has 1 fully saturated rings. The number of hydrogen-bond donors (Lipinski definition) is 1. The maximum absolute atomic E-state index is 13.4. The van der Waals surface area contributed by atoms with Crippen LogP contribution in [0, 0.1) is 5.82 Å². The van der Waals surface area contributed by atoms with Crippen molar-refractivity contribution in [1.29, 1.82) is 0 Å². The molecule has 33 heavy (non-hydrogen) atoms. The number of ether oxygens (including phenoxy) is 1. The molecule has 0 bridgehead atoms. The van der Waals surface area contributed by atoms with E-state index in [1.54, 1.807) is 19.1 Å². The fourth-order valence-corrected chi connectivity index (χ4v) is 4.20. The van der Waals surface area contributed by atoms with Gasteiger partial charge in [-0.05, 0) is 54.5 Å². The van der Waals surface area contributed by atoms with E-state index in [-0.39, 0.29) is 42.2 Å². The number of carbonyl (C=O) groups excluding carboxylic acids is 2. The Hall–Kier alpha value is -2.89. The minimum atomic E-state index is -0.676. The minimum Gasteiger partial charge on any atom is -0.483 e. The number of carbonyl (C=O) groups is 2. The first kappa shape index (κ1) is 24.7. The summed E-state index contributed by atoms with van der Waals surface area (Å²) < 4.78 is 19.3. The van der Waals surface area contributed by atoms with E-state index in [4.69, 9.17) is 4.74 Å². The van der Waals surface area contributed by atoms with Gasteiger partial charge in [-0.15, -0.1) is 0 Å². The van der Waals surface area contributed by atoms with E-state index in [1.165, 1.54) is 17.0 Å². The van der Waals surface area contributed by atoms with E-state index >= 15 is 0 Å².